The Morgan fingerprint density at radius 1 is 1.24 bits per heavy atom. The Labute approximate surface area is 108 Å². The van der Waals surface area contributed by atoms with Gasteiger partial charge in [0.25, 0.3) is 0 Å². The molecule has 2 atom stereocenters. The molecule has 1 aromatic rings. The summed E-state index contributed by atoms with van der Waals surface area (Å²) in [5.41, 5.74) is 6.83. The lowest BCUT2D eigenvalue weighted by molar-refractivity contribution is 0.588. The zero-order valence-electron chi connectivity index (χ0n) is 11.0. The molecular formula is C14H22FNS. The van der Waals surface area contributed by atoms with Crippen molar-refractivity contribution in [3.05, 3.63) is 29.6 Å². The minimum Gasteiger partial charge on any atom is -0.328 e. The maximum Gasteiger partial charge on any atom is 0.137 e. The van der Waals surface area contributed by atoms with E-state index in [4.69, 9.17) is 5.73 Å². The number of nitrogens with two attached hydrogens (primary N) is 1. The number of hydrogen-bond acceptors (Lipinski definition) is 2. The molecule has 1 aromatic carbocycles. The first kappa shape index (κ1) is 14.5. The molecule has 0 saturated carbocycles. The highest BCUT2D eigenvalue weighted by Crippen LogP contribution is 2.33. The summed E-state index contributed by atoms with van der Waals surface area (Å²) in [7, 11) is 0. The lowest BCUT2D eigenvalue weighted by Gasteiger charge is -2.18. The van der Waals surface area contributed by atoms with Crippen LogP contribution in [0.5, 0.6) is 0 Å². The van der Waals surface area contributed by atoms with Crippen LogP contribution in [0, 0.1) is 11.7 Å². The van der Waals surface area contributed by atoms with E-state index in [1.54, 1.807) is 17.8 Å². The quantitative estimate of drug-likeness (QED) is 0.809. The molecule has 96 valence electrons. The molecule has 2 unspecified atom stereocenters. The van der Waals surface area contributed by atoms with Crippen LogP contribution in [0.1, 0.15) is 33.3 Å². The highest BCUT2D eigenvalue weighted by Gasteiger charge is 2.15. The predicted molar refractivity (Wildman–Crippen MR) is 73.9 cm³/mol. The van der Waals surface area contributed by atoms with Gasteiger partial charge in [0.15, 0.2) is 0 Å². The van der Waals surface area contributed by atoms with Crippen molar-refractivity contribution in [3.63, 3.8) is 0 Å². The average Bonchev–Trinajstić information content (AvgIpc) is 2.22. The van der Waals surface area contributed by atoms with Gasteiger partial charge in [-0.25, -0.2) is 4.39 Å². The van der Waals surface area contributed by atoms with Crippen molar-refractivity contribution < 1.29 is 4.39 Å². The first-order chi connectivity index (χ1) is 7.91. The third kappa shape index (κ3) is 4.32. The first-order valence-corrected chi connectivity index (χ1v) is 6.99. The van der Waals surface area contributed by atoms with Crippen LogP contribution in [0.4, 0.5) is 4.39 Å². The second-order valence-corrected chi connectivity index (χ2v) is 6.36. The number of hydrogen-bond donors (Lipinski definition) is 1. The molecule has 0 aliphatic carbocycles. The summed E-state index contributed by atoms with van der Waals surface area (Å²) in [5, 5.41) is 0.402. The highest BCUT2D eigenvalue weighted by molar-refractivity contribution is 8.00. The molecule has 0 radical (unpaired) electrons. The van der Waals surface area contributed by atoms with Crippen molar-refractivity contribution in [1.82, 2.24) is 0 Å². The Hall–Kier alpha value is -0.540. The normalized spacial score (nSPS) is 15.0. The molecule has 0 fully saturated rings. The number of halogens is 1. The highest BCUT2D eigenvalue weighted by atomic mass is 32.2. The van der Waals surface area contributed by atoms with Gasteiger partial charge in [0.1, 0.15) is 5.82 Å². The summed E-state index contributed by atoms with van der Waals surface area (Å²) in [6.45, 7) is 8.40. The van der Waals surface area contributed by atoms with Crippen LogP contribution in [0.2, 0.25) is 0 Å². The molecule has 0 bridgehead atoms. The Kier molecular flexibility index (Phi) is 5.47. The number of benzene rings is 1. The summed E-state index contributed by atoms with van der Waals surface area (Å²) in [4.78, 5) is 0.769. The van der Waals surface area contributed by atoms with E-state index in [9.17, 15) is 4.39 Å². The van der Waals surface area contributed by atoms with Crippen LogP contribution in [0.25, 0.3) is 0 Å². The van der Waals surface area contributed by atoms with Crippen molar-refractivity contribution in [2.24, 2.45) is 11.7 Å². The van der Waals surface area contributed by atoms with Gasteiger partial charge in [-0.15, -0.1) is 11.8 Å². The van der Waals surface area contributed by atoms with Crippen molar-refractivity contribution >= 4 is 11.8 Å². The summed E-state index contributed by atoms with van der Waals surface area (Å²) < 4.78 is 13.9. The van der Waals surface area contributed by atoms with Crippen molar-refractivity contribution in [2.75, 3.05) is 0 Å². The van der Waals surface area contributed by atoms with Gasteiger partial charge in [0.2, 0.25) is 0 Å². The lowest BCUT2D eigenvalue weighted by Crippen LogP contribution is -2.18. The van der Waals surface area contributed by atoms with Crippen LogP contribution in [0.3, 0.4) is 0 Å². The molecule has 17 heavy (non-hydrogen) atoms. The van der Waals surface area contributed by atoms with Gasteiger partial charge >= 0.3 is 0 Å². The minimum atomic E-state index is -0.124. The molecule has 0 amide bonds. The molecule has 0 aromatic heterocycles. The maximum atomic E-state index is 13.9. The molecule has 0 aliphatic rings. The summed E-state index contributed by atoms with van der Waals surface area (Å²) in [6, 6.07) is 5.32. The van der Waals surface area contributed by atoms with Gasteiger partial charge in [-0.2, -0.15) is 0 Å². The topological polar surface area (TPSA) is 26.0 Å². The van der Waals surface area contributed by atoms with E-state index in [1.165, 1.54) is 6.07 Å². The van der Waals surface area contributed by atoms with Crippen LogP contribution >= 0.6 is 11.8 Å². The second-order valence-electron chi connectivity index (χ2n) is 4.98. The molecule has 0 saturated heterocycles. The van der Waals surface area contributed by atoms with Crippen LogP contribution in [-0.2, 0) is 6.42 Å². The van der Waals surface area contributed by atoms with E-state index >= 15 is 0 Å². The molecule has 1 rings (SSSR count). The van der Waals surface area contributed by atoms with Crippen molar-refractivity contribution in [2.45, 2.75) is 50.3 Å². The van der Waals surface area contributed by atoms with E-state index in [0.29, 0.717) is 11.2 Å². The van der Waals surface area contributed by atoms with Crippen LogP contribution in [-0.4, -0.2) is 11.3 Å². The lowest BCUT2D eigenvalue weighted by atomic mass is 10.1. The zero-order chi connectivity index (χ0) is 13.0. The van der Waals surface area contributed by atoms with E-state index < -0.39 is 0 Å². The van der Waals surface area contributed by atoms with E-state index in [2.05, 4.69) is 20.8 Å². The van der Waals surface area contributed by atoms with Crippen molar-refractivity contribution in [1.29, 1.82) is 0 Å². The number of rotatable bonds is 5. The summed E-state index contributed by atoms with van der Waals surface area (Å²) in [6.07, 6.45) is 0.727. The number of thioether (sulfide) groups is 1. The SMILES string of the molecule is CC(N)Cc1cccc(F)c1SC(C)C(C)C. The van der Waals surface area contributed by atoms with E-state index in [-0.39, 0.29) is 11.9 Å². The fourth-order valence-electron chi connectivity index (χ4n) is 1.52. The zero-order valence-corrected chi connectivity index (χ0v) is 11.9. The molecular weight excluding hydrogens is 233 g/mol. The third-order valence-electron chi connectivity index (χ3n) is 2.83. The van der Waals surface area contributed by atoms with Gasteiger partial charge in [-0.05, 0) is 30.9 Å². The molecule has 0 spiro atoms. The smallest absolute Gasteiger partial charge is 0.137 e. The molecule has 2 N–H and O–H groups in total. The van der Waals surface area contributed by atoms with E-state index in [1.807, 2.05) is 13.0 Å². The predicted octanol–water partition coefficient (Wildman–Crippen LogP) is 3.85. The summed E-state index contributed by atoms with van der Waals surface area (Å²) in [5.74, 6) is 0.406. The van der Waals surface area contributed by atoms with E-state index in [0.717, 1.165) is 16.9 Å². The van der Waals surface area contributed by atoms with Crippen LogP contribution < -0.4 is 5.73 Å². The molecule has 0 heterocycles. The third-order valence-corrected chi connectivity index (χ3v) is 4.44. The molecule has 0 aliphatic heterocycles. The Morgan fingerprint density at radius 2 is 1.88 bits per heavy atom. The maximum absolute atomic E-state index is 13.9. The van der Waals surface area contributed by atoms with Gasteiger partial charge in [0, 0.05) is 16.2 Å². The fourth-order valence-corrected chi connectivity index (χ4v) is 2.64. The standard InChI is InChI=1S/C14H22FNS/c1-9(2)11(4)17-14-12(8-10(3)16)6-5-7-13(14)15/h5-7,9-11H,8,16H2,1-4H3. The largest absolute Gasteiger partial charge is 0.328 e. The van der Waals surface area contributed by atoms with Gasteiger partial charge < -0.3 is 5.73 Å². The monoisotopic (exact) mass is 255 g/mol. The van der Waals surface area contributed by atoms with Gasteiger partial charge in [-0.3, -0.25) is 0 Å². The Bertz CT molecular complexity index is 363. The second kappa shape index (κ2) is 6.41. The first-order valence-electron chi connectivity index (χ1n) is 6.11. The Morgan fingerprint density at radius 3 is 2.41 bits per heavy atom. The average molecular weight is 255 g/mol. The Balaban J connectivity index is 2.95. The fraction of sp³-hybridized carbons (Fsp3) is 0.571. The van der Waals surface area contributed by atoms with Gasteiger partial charge in [-0.1, -0.05) is 32.9 Å². The van der Waals surface area contributed by atoms with Gasteiger partial charge in [0.05, 0.1) is 0 Å². The van der Waals surface area contributed by atoms with Crippen LogP contribution in [0.15, 0.2) is 23.1 Å². The molecule has 1 nitrogen and oxygen atoms in total. The molecule has 3 heteroatoms. The summed E-state index contributed by atoms with van der Waals surface area (Å²) >= 11 is 1.62. The van der Waals surface area contributed by atoms with Crippen molar-refractivity contribution in [3.8, 4) is 0 Å². The minimum absolute atomic E-state index is 0.0607.